The maximum atomic E-state index is 12.5. The van der Waals surface area contributed by atoms with Crippen molar-refractivity contribution in [1.82, 2.24) is 9.78 Å². The van der Waals surface area contributed by atoms with Gasteiger partial charge < -0.3 is 4.52 Å². The molecule has 0 aromatic carbocycles. The summed E-state index contributed by atoms with van der Waals surface area (Å²) in [6.07, 6.45) is 1.58. The maximum Gasteiger partial charge on any atom is 0.307 e. The van der Waals surface area contributed by atoms with Gasteiger partial charge >= 0.3 is 6.57 Å². The molecule has 0 bridgehead atoms. The van der Waals surface area contributed by atoms with Crippen molar-refractivity contribution in [2.45, 2.75) is 37.4 Å². The summed E-state index contributed by atoms with van der Waals surface area (Å²) < 4.78 is 42.2. The van der Waals surface area contributed by atoms with Gasteiger partial charge in [-0.25, -0.2) is 8.42 Å². The van der Waals surface area contributed by atoms with Gasteiger partial charge in [-0.1, -0.05) is 30.8 Å². The molecule has 1 aromatic rings. The number of sulfone groups is 1. The first-order chi connectivity index (χ1) is 8.83. The van der Waals surface area contributed by atoms with E-state index in [1.165, 1.54) is 7.05 Å². The summed E-state index contributed by atoms with van der Waals surface area (Å²) in [4.78, 5) is 0. The highest BCUT2D eigenvalue weighted by molar-refractivity contribution is 8.46. The molecule has 6 nitrogen and oxygen atoms in total. The maximum absolute atomic E-state index is 12.5. The van der Waals surface area contributed by atoms with Crippen molar-refractivity contribution in [1.29, 1.82) is 0 Å². The first-order valence-electron chi connectivity index (χ1n) is 5.78. The standard InChI is InChI=1S/C10H18ClN2O4PS2/c1-6-10(2,3)18(14,19)17-8-7(11)9(13(4)12-8)20(5,15)16/h6H2,1-5H3,(H,14,19). The summed E-state index contributed by atoms with van der Waals surface area (Å²) >= 11 is 10.1. The minimum Gasteiger partial charge on any atom is -0.414 e. The Morgan fingerprint density at radius 3 is 2.35 bits per heavy atom. The lowest BCUT2D eigenvalue weighted by atomic mass is 10.1. The van der Waals surface area contributed by atoms with Crippen LogP contribution in [0.3, 0.4) is 0 Å². The van der Waals surface area contributed by atoms with Crippen molar-refractivity contribution in [3.8, 4) is 5.88 Å². The van der Waals surface area contributed by atoms with Gasteiger partial charge in [0.15, 0.2) is 14.9 Å². The van der Waals surface area contributed by atoms with Gasteiger partial charge in [-0.15, -0.1) is 5.10 Å². The monoisotopic (exact) mass is 360 g/mol. The summed E-state index contributed by atoms with van der Waals surface area (Å²) in [5.74, 6) is -0.186. The normalized spacial score (nSPS) is 15.9. The average molecular weight is 361 g/mol. The lowest BCUT2D eigenvalue weighted by Crippen LogP contribution is -2.19. The summed E-state index contributed by atoms with van der Waals surface area (Å²) in [6.45, 7) is 1.98. The number of thiol groups is 1. The molecule has 10 heteroatoms. The van der Waals surface area contributed by atoms with Gasteiger partial charge in [-0.2, -0.15) is 0 Å². The van der Waals surface area contributed by atoms with Crippen molar-refractivity contribution in [3.05, 3.63) is 5.02 Å². The molecule has 0 saturated carbocycles. The van der Waals surface area contributed by atoms with Gasteiger partial charge in [-0.3, -0.25) is 9.25 Å². The SMILES string of the molecule is CCC(C)(C)P(=O)(S)Oc1nn(C)c(S(C)(=O)=O)c1Cl. The molecule has 1 rings (SSSR count). The molecule has 0 fully saturated rings. The molecule has 0 amide bonds. The molecule has 0 aliphatic carbocycles. The first-order valence-corrected chi connectivity index (χ1v) is 10.8. The predicted octanol–water partition coefficient (Wildman–Crippen LogP) is 3.17. The fourth-order valence-electron chi connectivity index (χ4n) is 1.36. The molecule has 20 heavy (non-hydrogen) atoms. The number of aromatic nitrogens is 2. The third-order valence-corrected chi connectivity index (χ3v) is 8.86. The van der Waals surface area contributed by atoms with Crippen LogP contribution in [0.25, 0.3) is 0 Å². The lowest BCUT2D eigenvalue weighted by molar-refractivity contribution is 0.445. The molecule has 0 N–H and O–H groups in total. The van der Waals surface area contributed by atoms with Crippen molar-refractivity contribution < 1.29 is 17.5 Å². The van der Waals surface area contributed by atoms with E-state index in [9.17, 15) is 13.0 Å². The number of aryl methyl sites for hydroxylation is 1. The van der Waals surface area contributed by atoms with Crippen LogP contribution in [0.4, 0.5) is 0 Å². The van der Waals surface area contributed by atoms with Crippen molar-refractivity contribution in [2.24, 2.45) is 7.05 Å². The van der Waals surface area contributed by atoms with Crippen LogP contribution in [-0.4, -0.2) is 29.6 Å². The summed E-state index contributed by atoms with van der Waals surface area (Å²) in [6, 6.07) is 0. The van der Waals surface area contributed by atoms with Gasteiger partial charge in [0.1, 0.15) is 5.02 Å². The van der Waals surface area contributed by atoms with E-state index in [0.29, 0.717) is 6.42 Å². The minimum atomic E-state index is -3.57. The summed E-state index contributed by atoms with van der Waals surface area (Å²) in [7, 11) is -2.15. The fourth-order valence-corrected chi connectivity index (χ4v) is 4.63. The zero-order valence-corrected chi connectivity index (χ0v) is 15.3. The Morgan fingerprint density at radius 1 is 1.50 bits per heavy atom. The van der Waals surface area contributed by atoms with Crippen LogP contribution in [0, 0.1) is 0 Å². The minimum absolute atomic E-state index is 0.184. The van der Waals surface area contributed by atoms with Gasteiger partial charge in [0.05, 0.1) is 5.16 Å². The van der Waals surface area contributed by atoms with Crippen LogP contribution in [-0.2, 0) is 21.4 Å². The van der Waals surface area contributed by atoms with Crippen LogP contribution < -0.4 is 4.52 Å². The Kier molecular flexibility index (Phi) is 4.97. The number of hydrogen-bond donors (Lipinski definition) is 1. The van der Waals surface area contributed by atoms with E-state index in [-0.39, 0.29) is 15.9 Å². The van der Waals surface area contributed by atoms with Crippen LogP contribution in [0.15, 0.2) is 5.03 Å². The third kappa shape index (κ3) is 3.35. The van der Waals surface area contributed by atoms with Gasteiger partial charge in [0, 0.05) is 13.3 Å². The highest BCUT2D eigenvalue weighted by Gasteiger charge is 2.40. The molecule has 0 aliphatic rings. The molecule has 0 radical (unpaired) electrons. The average Bonchev–Trinajstić information content (AvgIpc) is 2.52. The molecule has 1 unspecified atom stereocenters. The molecule has 0 aliphatic heterocycles. The molecular weight excluding hydrogens is 343 g/mol. The van der Waals surface area contributed by atoms with Crippen molar-refractivity contribution in [3.63, 3.8) is 0 Å². The first kappa shape index (κ1) is 17.9. The summed E-state index contributed by atoms with van der Waals surface area (Å²) in [5.41, 5.74) is 0. The predicted molar refractivity (Wildman–Crippen MR) is 82.9 cm³/mol. The van der Waals surface area contributed by atoms with Gasteiger partial charge in [0.25, 0.3) is 5.88 Å². The van der Waals surface area contributed by atoms with Crippen molar-refractivity contribution >= 4 is 40.3 Å². The molecular formula is C10H18ClN2O4PS2. The number of nitrogens with zero attached hydrogens (tertiary/aromatic N) is 2. The van der Waals surface area contributed by atoms with Crippen LogP contribution in [0.5, 0.6) is 5.88 Å². The second kappa shape index (κ2) is 5.55. The smallest absolute Gasteiger partial charge is 0.307 e. The van der Waals surface area contributed by atoms with E-state index >= 15 is 0 Å². The molecule has 1 heterocycles. The van der Waals surface area contributed by atoms with Crippen LogP contribution in [0.2, 0.25) is 5.02 Å². The molecule has 0 spiro atoms. The van der Waals surface area contributed by atoms with Crippen LogP contribution >= 0.6 is 30.4 Å². The van der Waals surface area contributed by atoms with E-state index in [1.807, 2.05) is 6.92 Å². The Balaban J connectivity index is 3.30. The highest BCUT2D eigenvalue weighted by atomic mass is 35.5. The number of rotatable bonds is 5. The zero-order valence-electron chi connectivity index (χ0n) is 11.9. The van der Waals surface area contributed by atoms with Gasteiger partial charge in [-0.05, 0) is 20.3 Å². The second-order valence-corrected chi connectivity index (χ2v) is 11.4. The third-order valence-electron chi connectivity index (χ3n) is 3.10. The lowest BCUT2D eigenvalue weighted by Gasteiger charge is -2.28. The summed E-state index contributed by atoms with van der Waals surface area (Å²) in [5, 5.41) is 2.81. The Hall–Kier alpha value is -0.170. The fraction of sp³-hybridized carbons (Fsp3) is 0.700. The Labute approximate surface area is 129 Å². The molecule has 0 saturated heterocycles. The molecule has 1 atom stereocenters. The van der Waals surface area contributed by atoms with E-state index in [2.05, 4.69) is 17.3 Å². The van der Waals surface area contributed by atoms with Crippen molar-refractivity contribution in [2.75, 3.05) is 6.26 Å². The van der Waals surface area contributed by atoms with Crippen LogP contribution in [0.1, 0.15) is 27.2 Å². The highest BCUT2D eigenvalue weighted by Crippen LogP contribution is 2.64. The second-order valence-electron chi connectivity index (χ2n) is 5.10. The van der Waals surface area contributed by atoms with E-state index in [1.54, 1.807) is 13.8 Å². The largest absolute Gasteiger partial charge is 0.414 e. The van der Waals surface area contributed by atoms with E-state index < -0.39 is 21.6 Å². The Morgan fingerprint density at radius 2 is 2.00 bits per heavy atom. The zero-order chi connectivity index (χ0) is 15.9. The molecule has 1 aromatic heterocycles. The Bertz CT molecular complexity index is 669. The molecule has 116 valence electrons. The van der Waals surface area contributed by atoms with Gasteiger partial charge in [0.2, 0.25) is 0 Å². The number of hydrogen-bond acceptors (Lipinski definition) is 5. The van der Waals surface area contributed by atoms with E-state index in [4.69, 9.17) is 16.1 Å². The van der Waals surface area contributed by atoms with E-state index in [0.717, 1.165) is 10.9 Å². The quantitative estimate of drug-likeness (QED) is 0.644. The number of halogens is 1. The topological polar surface area (TPSA) is 78.3 Å².